The third kappa shape index (κ3) is 6.97. The minimum absolute atomic E-state index is 0.581. The van der Waals surface area contributed by atoms with Crippen molar-refractivity contribution in [1.82, 2.24) is 15.5 Å². The van der Waals surface area contributed by atoms with Gasteiger partial charge in [0.15, 0.2) is 5.96 Å². The zero-order chi connectivity index (χ0) is 15.8. The number of guanidine groups is 1. The van der Waals surface area contributed by atoms with Crippen molar-refractivity contribution in [2.45, 2.75) is 45.1 Å². The summed E-state index contributed by atoms with van der Waals surface area (Å²) in [6.07, 6.45) is 6.49. The van der Waals surface area contributed by atoms with Crippen LogP contribution in [-0.2, 0) is 4.74 Å². The first kappa shape index (κ1) is 17.5. The lowest BCUT2D eigenvalue weighted by Gasteiger charge is -2.23. The van der Waals surface area contributed by atoms with E-state index in [0.717, 1.165) is 57.1 Å². The minimum Gasteiger partial charge on any atom is -0.381 e. The summed E-state index contributed by atoms with van der Waals surface area (Å²) in [5.74, 6) is 2.65. The molecule has 0 aromatic heterocycles. The Hall–Kier alpha value is -0.810. The molecule has 1 atom stereocenters. The predicted octanol–water partition coefficient (Wildman–Crippen LogP) is 1.70. The third-order valence-corrected chi connectivity index (χ3v) is 4.42. The molecule has 2 N–H and O–H groups in total. The highest BCUT2D eigenvalue weighted by molar-refractivity contribution is 5.79. The maximum atomic E-state index is 5.66. The number of likely N-dealkylation sites (N-methyl/N-ethyl adjacent to an activating group) is 1. The minimum atomic E-state index is 0.581. The normalized spacial score (nSPS) is 20.3. The van der Waals surface area contributed by atoms with Crippen molar-refractivity contribution in [1.29, 1.82) is 0 Å². The first-order chi connectivity index (χ1) is 10.7. The standard InChI is InChI=1S/C17H34N4O/c1-4-18-17(19-10-5-11-22-13-14-6-7-14)20-12-16(21(2)3)15-8-9-15/h14-16H,4-13H2,1-3H3,(H2,18,19,20). The van der Waals surface area contributed by atoms with Gasteiger partial charge in [-0.05, 0) is 65.0 Å². The molecule has 0 spiro atoms. The Morgan fingerprint density at radius 3 is 2.59 bits per heavy atom. The first-order valence-corrected chi connectivity index (χ1v) is 8.97. The topological polar surface area (TPSA) is 48.9 Å². The summed E-state index contributed by atoms with van der Waals surface area (Å²) in [6.45, 7) is 6.63. The van der Waals surface area contributed by atoms with E-state index in [1.165, 1.54) is 25.7 Å². The van der Waals surface area contributed by atoms with Crippen LogP contribution >= 0.6 is 0 Å². The molecule has 0 radical (unpaired) electrons. The van der Waals surface area contributed by atoms with Gasteiger partial charge in [-0.25, -0.2) is 0 Å². The van der Waals surface area contributed by atoms with Crippen molar-refractivity contribution in [3.05, 3.63) is 0 Å². The van der Waals surface area contributed by atoms with E-state index in [1.807, 2.05) is 0 Å². The summed E-state index contributed by atoms with van der Waals surface area (Å²) in [7, 11) is 4.33. The van der Waals surface area contributed by atoms with Crippen molar-refractivity contribution < 1.29 is 4.74 Å². The fraction of sp³-hybridized carbons (Fsp3) is 0.941. The van der Waals surface area contributed by atoms with Crippen LogP contribution in [0.25, 0.3) is 0 Å². The number of hydrogen-bond donors (Lipinski definition) is 2. The lowest BCUT2D eigenvalue weighted by atomic mass is 10.2. The molecule has 0 saturated heterocycles. The molecule has 0 bridgehead atoms. The maximum Gasteiger partial charge on any atom is 0.191 e. The van der Waals surface area contributed by atoms with E-state index in [0.29, 0.717) is 6.04 Å². The summed E-state index contributed by atoms with van der Waals surface area (Å²) < 4.78 is 5.66. The number of aliphatic imine (C=N–C) groups is 1. The van der Waals surface area contributed by atoms with Crippen LogP contribution in [0.5, 0.6) is 0 Å². The molecule has 2 saturated carbocycles. The number of hydrogen-bond acceptors (Lipinski definition) is 3. The lowest BCUT2D eigenvalue weighted by molar-refractivity contribution is 0.123. The second-order valence-electron chi connectivity index (χ2n) is 6.89. The predicted molar refractivity (Wildman–Crippen MR) is 92.3 cm³/mol. The monoisotopic (exact) mass is 310 g/mol. The molecule has 2 fully saturated rings. The van der Waals surface area contributed by atoms with Crippen LogP contribution in [0.2, 0.25) is 0 Å². The van der Waals surface area contributed by atoms with Gasteiger partial charge < -0.3 is 20.3 Å². The van der Waals surface area contributed by atoms with Gasteiger partial charge in [0, 0.05) is 32.3 Å². The molecule has 2 aliphatic rings. The summed E-state index contributed by atoms with van der Waals surface area (Å²) in [5, 5.41) is 6.75. The molecule has 0 amide bonds. The Labute approximate surface area is 135 Å². The van der Waals surface area contributed by atoms with Crippen molar-refractivity contribution in [2.75, 3.05) is 46.9 Å². The van der Waals surface area contributed by atoms with E-state index < -0.39 is 0 Å². The van der Waals surface area contributed by atoms with Gasteiger partial charge in [0.1, 0.15) is 0 Å². The Balaban J connectivity index is 1.62. The lowest BCUT2D eigenvalue weighted by Crippen LogP contribution is -2.40. The van der Waals surface area contributed by atoms with Crippen LogP contribution in [0.4, 0.5) is 0 Å². The summed E-state index contributed by atoms with van der Waals surface area (Å²) in [4.78, 5) is 7.08. The second-order valence-corrected chi connectivity index (χ2v) is 6.89. The Morgan fingerprint density at radius 1 is 1.23 bits per heavy atom. The van der Waals surface area contributed by atoms with Gasteiger partial charge >= 0.3 is 0 Å². The molecule has 22 heavy (non-hydrogen) atoms. The number of rotatable bonds is 11. The van der Waals surface area contributed by atoms with Crippen molar-refractivity contribution in [2.24, 2.45) is 16.8 Å². The Kier molecular flexibility index (Phi) is 7.46. The average molecular weight is 310 g/mol. The molecule has 0 aromatic rings. The highest BCUT2D eigenvalue weighted by Gasteiger charge is 2.32. The summed E-state index contributed by atoms with van der Waals surface area (Å²) in [5.41, 5.74) is 0. The van der Waals surface area contributed by atoms with E-state index in [1.54, 1.807) is 0 Å². The molecule has 5 nitrogen and oxygen atoms in total. The fourth-order valence-corrected chi connectivity index (χ4v) is 2.66. The highest BCUT2D eigenvalue weighted by Crippen LogP contribution is 2.34. The van der Waals surface area contributed by atoms with Gasteiger partial charge in [0.25, 0.3) is 0 Å². The van der Waals surface area contributed by atoms with Crippen LogP contribution in [0.15, 0.2) is 4.99 Å². The molecular weight excluding hydrogens is 276 g/mol. The quantitative estimate of drug-likeness (QED) is 0.346. The molecule has 0 aromatic carbocycles. The molecule has 5 heteroatoms. The van der Waals surface area contributed by atoms with Crippen molar-refractivity contribution in [3.8, 4) is 0 Å². The van der Waals surface area contributed by atoms with Gasteiger partial charge in [0.2, 0.25) is 0 Å². The molecule has 2 rings (SSSR count). The van der Waals surface area contributed by atoms with E-state index in [4.69, 9.17) is 9.73 Å². The van der Waals surface area contributed by atoms with E-state index in [2.05, 4.69) is 36.6 Å². The van der Waals surface area contributed by atoms with E-state index in [9.17, 15) is 0 Å². The number of nitrogens with zero attached hydrogens (tertiary/aromatic N) is 2. The van der Waals surface area contributed by atoms with Gasteiger partial charge in [-0.2, -0.15) is 0 Å². The van der Waals surface area contributed by atoms with E-state index >= 15 is 0 Å². The van der Waals surface area contributed by atoms with Crippen molar-refractivity contribution in [3.63, 3.8) is 0 Å². The average Bonchev–Trinajstić information content (AvgIpc) is 3.36. The first-order valence-electron chi connectivity index (χ1n) is 8.97. The fourth-order valence-electron chi connectivity index (χ4n) is 2.66. The van der Waals surface area contributed by atoms with Gasteiger partial charge in [0.05, 0.1) is 6.54 Å². The largest absolute Gasteiger partial charge is 0.381 e. The van der Waals surface area contributed by atoms with Crippen LogP contribution in [0.1, 0.15) is 39.0 Å². The zero-order valence-corrected chi connectivity index (χ0v) is 14.6. The van der Waals surface area contributed by atoms with Crippen LogP contribution in [0.3, 0.4) is 0 Å². The highest BCUT2D eigenvalue weighted by atomic mass is 16.5. The Bertz CT molecular complexity index is 336. The molecular formula is C17H34N4O. The molecule has 0 heterocycles. The van der Waals surface area contributed by atoms with Crippen LogP contribution in [0, 0.1) is 11.8 Å². The summed E-state index contributed by atoms with van der Waals surface area (Å²) in [6, 6.07) is 0.581. The molecule has 128 valence electrons. The Morgan fingerprint density at radius 2 is 2.00 bits per heavy atom. The maximum absolute atomic E-state index is 5.66. The van der Waals surface area contributed by atoms with Gasteiger partial charge in [-0.15, -0.1) is 0 Å². The zero-order valence-electron chi connectivity index (χ0n) is 14.6. The molecule has 2 aliphatic carbocycles. The van der Waals surface area contributed by atoms with Gasteiger partial charge in [-0.1, -0.05) is 0 Å². The molecule has 1 unspecified atom stereocenters. The van der Waals surface area contributed by atoms with Crippen LogP contribution < -0.4 is 10.6 Å². The molecule has 0 aliphatic heterocycles. The SMILES string of the molecule is CCNC(=NCC(C1CC1)N(C)C)NCCCOCC1CC1. The summed E-state index contributed by atoms with van der Waals surface area (Å²) >= 11 is 0. The van der Waals surface area contributed by atoms with Crippen molar-refractivity contribution >= 4 is 5.96 Å². The van der Waals surface area contributed by atoms with E-state index in [-0.39, 0.29) is 0 Å². The smallest absolute Gasteiger partial charge is 0.191 e. The van der Waals surface area contributed by atoms with Crippen LogP contribution in [-0.4, -0.2) is 63.8 Å². The number of nitrogens with one attached hydrogen (secondary N) is 2. The third-order valence-electron chi connectivity index (χ3n) is 4.42. The van der Waals surface area contributed by atoms with Gasteiger partial charge in [-0.3, -0.25) is 4.99 Å². The number of ether oxygens (including phenoxy) is 1. The second kappa shape index (κ2) is 9.36.